The van der Waals surface area contributed by atoms with Crippen LogP contribution in [0.3, 0.4) is 0 Å². The number of fused-ring (bicyclic) bond motifs is 3. The van der Waals surface area contributed by atoms with Gasteiger partial charge in [-0.25, -0.2) is 0 Å². The van der Waals surface area contributed by atoms with Gasteiger partial charge in [0.25, 0.3) is 0 Å². The van der Waals surface area contributed by atoms with E-state index in [1.807, 2.05) is 13.0 Å². The van der Waals surface area contributed by atoms with Crippen LogP contribution >= 0.6 is 0 Å². The summed E-state index contributed by atoms with van der Waals surface area (Å²) in [5, 5.41) is 30.4. The van der Waals surface area contributed by atoms with Crippen LogP contribution in [0.25, 0.3) is 0 Å². The average Bonchev–Trinajstić information content (AvgIpc) is 2.51. The molecule has 3 heteroatoms. The molecule has 1 unspecified atom stereocenters. The molecule has 128 valence electrons. The standard InChI is InChI=1S/C20H30O3/c1-12(11-21)14-9-13-5-6-17-19(2,3)18(23)7-8-20(17,4)15(13)10-16(14)22/h9-10,12,17-18,21-23H,5-8,11H2,1-4H3/t12?,17-,18-,20+/m0/s1. The molecule has 23 heavy (non-hydrogen) atoms. The fourth-order valence-corrected chi connectivity index (χ4v) is 5.23. The lowest BCUT2D eigenvalue weighted by molar-refractivity contribution is -0.0731. The maximum Gasteiger partial charge on any atom is 0.119 e. The highest BCUT2D eigenvalue weighted by Gasteiger charge is 2.53. The summed E-state index contributed by atoms with van der Waals surface area (Å²) in [6.07, 6.45) is 3.59. The van der Waals surface area contributed by atoms with Crippen molar-refractivity contribution < 1.29 is 15.3 Å². The third-order valence-electron chi connectivity index (χ3n) is 6.84. The normalized spacial score (nSPS) is 33.7. The Bertz CT molecular complexity index is 607. The van der Waals surface area contributed by atoms with Crippen LogP contribution in [-0.2, 0) is 11.8 Å². The lowest BCUT2D eigenvalue weighted by Crippen LogP contribution is -2.53. The predicted molar refractivity (Wildman–Crippen MR) is 91.8 cm³/mol. The molecule has 3 nitrogen and oxygen atoms in total. The molecule has 3 N–H and O–H groups in total. The molecule has 2 aliphatic carbocycles. The monoisotopic (exact) mass is 318 g/mol. The molecule has 2 aliphatic rings. The van der Waals surface area contributed by atoms with Crippen LogP contribution in [-0.4, -0.2) is 28.0 Å². The number of benzene rings is 1. The Balaban J connectivity index is 2.09. The highest BCUT2D eigenvalue weighted by Crippen LogP contribution is 2.57. The summed E-state index contributed by atoms with van der Waals surface area (Å²) in [7, 11) is 0. The van der Waals surface area contributed by atoms with E-state index in [4.69, 9.17) is 0 Å². The quantitative estimate of drug-likeness (QED) is 0.782. The van der Waals surface area contributed by atoms with Crippen LogP contribution < -0.4 is 0 Å². The summed E-state index contributed by atoms with van der Waals surface area (Å²) in [6, 6.07) is 4.04. The van der Waals surface area contributed by atoms with Gasteiger partial charge in [-0.05, 0) is 65.2 Å². The van der Waals surface area contributed by atoms with E-state index in [1.165, 1.54) is 11.1 Å². The minimum atomic E-state index is -0.246. The summed E-state index contributed by atoms with van der Waals surface area (Å²) < 4.78 is 0. The summed E-state index contributed by atoms with van der Waals surface area (Å²) >= 11 is 0. The zero-order valence-electron chi connectivity index (χ0n) is 14.8. The van der Waals surface area contributed by atoms with Gasteiger partial charge in [0.15, 0.2) is 0 Å². The summed E-state index contributed by atoms with van der Waals surface area (Å²) in [5.74, 6) is 0.679. The second-order valence-electron chi connectivity index (χ2n) is 8.54. The number of aliphatic hydroxyl groups is 2. The van der Waals surface area contributed by atoms with Crippen LogP contribution in [0.1, 0.15) is 69.6 Å². The Hall–Kier alpha value is -1.06. The van der Waals surface area contributed by atoms with Crippen LogP contribution in [0.5, 0.6) is 5.75 Å². The Morgan fingerprint density at radius 1 is 1.22 bits per heavy atom. The molecule has 0 bridgehead atoms. The van der Waals surface area contributed by atoms with Crippen LogP contribution in [0.4, 0.5) is 0 Å². The highest BCUT2D eigenvalue weighted by molar-refractivity contribution is 5.49. The summed E-state index contributed by atoms with van der Waals surface area (Å²) in [6.45, 7) is 8.66. The number of aromatic hydroxyl groups is 1. The summed E-state index contributed by atoms with van der Waals surface area (Å²) in [5.41, 5.74) is 3.32. The SMILES string of the molecule is CC(CO)c1cc2c(cc1O)[C@@]1(C)CC[C@H](O)C(C)(C)[C@@H]1CC2. The van der Waals surface area contributed by atoms with Crippen molar-refractivity contribution >= 4 is 0 Å². The number of phenolic OH excluding ortho intramolecular Hbond substituents is 1. The van der Waals surface area contributed by atoms with E-state index >= 15 is 0 Å². The predicted octanol–water partition coefficient (Wildman–Crippen LogP) is 3.49. The van der Waals surface area contributed by atoms with Gasteiger partial charge in [-0.15, -0.1) is 0 Å². The number of hydrogen-bond donors (Lipinski definition) is 3. The van der Waals surface area contributed by atoms with Gasteiger partial charge in [0, 0.05) is 12.5 Å². The zero-order chi connectivity index (χ0) is 17.0. The molecule has 0 aliphatic heterocycles. The van der Waals surface area contributed by atoms with E-state index in [2.05, 4.69) is 26.8 Å². The molecule has 1 aromatic carbocycles. The highest BCUT2D eigenvalue weighted by atomic mass is 16.3. The number of hydrogen-bond acceptors (Lipinski definition) is 3. The Kier molecular flexibility index (Phi) is 4.01. The third-order valence-corrected chi connectivity index (χ3v) is 6.84. The topological polar surface area (TPSA) is 60.7 Å². The van der Waals surface area contributed by atoms with Gasteiger partial charge < -0.3 is 15.3 Å². The first kappa shape index (κ1) is 16.8. The minimum Gasteiger partial charge on any atom is -0.508 e. The Labute approximate surface area is 139 Å². The fourth-order valence-electron chi connectivity index (χ4n) is 5.23. The van der Waals surface area contributed by atoms with Crippen molar-refractivity contribution in [2.75, 3.05) is 6.61 Å². The second-order valence-corrected chi connectivity index (χ2v) is 8.54. The van der Waals surface area contributed by atoms with Crippen molar-refractivity contribution in [3.63, 3.8) is 0 Å². The number of aryl methyl sites for hydroxylation is 1. The minimum absolute atomic E-state index is 0.00871. The lowest BCUT2D eigenvalue weighted by Gasteiger charge is -2.56. The average molecular weight is 318 g/mol. The van der Waals surface area contributed by atoms with Gasteiger partial charge in [0.2, 0.25) is 0 Å². The molecule has 0 aromatic heterocycles. The van der Waals surface area contributed by atoms with E-state index in [-0.39, 0.29) is 29.5 Å². The molecule has 1 aromatic rings. The van der Waals surface area contributed by atoms with E-state index in [9.17, 15) is 15.3 Å². The first-order chi connectivity index (χ1) is 10.7. The molecule has 0 heterocycles. The molecule has 0 radical (unpaired) electrons. The van der Waals surface area contributed by atoms with Gasteiger partial charge >= 0.3 is 0 Å². The van der Waals surface area contributed by atoms with E-state index < -0.39 is 0 Å². The van der Waals surface area contributed by atoms with Crippen molar-refractivity contribution in [1.82, 2.24) is 0 Å². The fraction of sp³-hybridized carbons (Fsp3) is 0.700. The van der Waals surface area contributed by atoms with Gasteiger partial charge in [-0.2, -0.15) is 0 Å². The molecule has 0 amide bonds. The molecule has 3 rings (SSSR count). The van der Waals surface area contributed by atoms with E-state index in [0.29, 0.717) is 11.7 Å². The molecule has 1 saturated carbocycles. The summed E-state index contributed by atoms with van der Waals surface area (Å²) in [4.78, 5) is 0. The van der Waals surface area contributed by atoms with Gasteiger partial charge in [0.1, 0.15) is 5.75 Å². The number of aliphatic hydroxyl groups excluding tert-OH is 2. The Morgan fingerprint density at radius 3 is 2.57 bits per heavy atom. The van der Waals surface area contributed by atoms with Crippen LogP contribution in [0.2, 0.25) is 0 Å². The maximum absolute atomic E-state index is 10.5. The van der Waals surface area contributed by atoms with Crippen molar-refractivity contribution in [3.8, 4) is 5.75 Å². The Morgan fingerprint density at radius 2 is 1.91 bits per heavy atom. The lowest BCUT2D eigenvalue weighted by atomic mass is 9.49. The first-order valence-corrected chi connectivity index (χ1v) is 8.87. The second kappa shape index (κ2) is 5.49. The third kappa shape index (κ3) is 2.40. The first-order valence-electron chi connectivity index (χ1n) is 8.87. The van der Waals surface area contributed by atoms with Crippen LogP contribution in [0.15, 0.2) is 12.1 Å². The van der Waals surface area contributed by atoms with Crippen molar-refractivity contribution in [2.45, 2.75) is 70.8 Å². The number of rotatable bonds is 2. The van der Waals surface area contributed by atoms with Crippen molar-refractivity contribution in [3.05, 3.63) is 28.8 Å². The molecule has 1 fully saturated rings. The van der Waals surface area contributed by atoms with E-state index in [0.717, 1.165) is 31.2 Å². The molecule has 0 spiro atoms. The van der Waals surface area contributed by atoms with Gasteiger partial charge in [-0.3, -0.25) is 0 Å². The zero-order valence-corrected chi connectivity index (χ0v) is 14.8. The number of phenols is 1. The van der Waals surface area contributed by atoms with Crippen LogP contribution in [0, 0.1) is 11.3 Å². The molecular weight excluding hydrogens is 288 g/mol. The van der Waals surface area contributed by atoms with Gasteiger partial charge in [0.05, 0.1) is 6.10 Å². The maximum atomic E-state index is 10.5. The van der Waals surface area contributed by atoms with Crippen molar-refractivity contribution in [2.24, 2.45) is 11.3 Å². The molecule has 4 atom stereocenters. The largest absolute Gasteiger partial charge is 0.508 e. The smallest absolute Gasteiger partial charge is 0.119 e. The molecular formula is C20H30O3. The van der Waals surface area contributed by atoms with Gasteiger partial charge in [-0.1, -0.05) is 33.8 Å². The van der Waals surface area contributed by atoms with Crippen molar-refractivity contribution in [1.29, 1.82) is 0 Å². The molecule has 0 saturated heterocycles. The van der Waals surface area contributed by atoms with E-state index in [1.54, 1.807) is 0 Å².